The highest BCUT2D eigenvalue weighted by atomic mass is 19.1. The Balaban J connectivity index is 1.36. The topological polar surface area (TPSA) is 102 Å². The van der Waals surface area contributed by atoms with Crippen molar-refractivity contribution in [1.82, 2.24) is 10.4 Å². The summed E-state index contributed by atoms with van der Waals surface area (Å²) >= 11 is 0. The number of fused-ring (bicyclic) bond motifs is 1. The molecule has 1 aromatic heterocycles. The molecule has 9 heteroatoms. The van der Waals surface area contributed by atoms with Crippen LogP contribution in [0.2, 0.25) is 0 Å². The standard InChI is InChI=1S/C33H28FN3O5/c1-3-40-27-18-17-22(19-28(27)41-4-2)33(39)42-26-16-9-8-13-23(26)20-35-37-32(38)31-29(21-11-6-5-7-12-21)24-14-10-15-25(34)30(24)36-31/h5-20,36H,3-4H2,1-2H3,(H,37,38). The van der Waals surface area contributed by atoms with Gasteiger partial charge in [-0.25, -0.2) is 14.6 Å². The van der Waals surface area contributed by atoms with E-state index in [0.717, 1.165) is 5.56 Å². The smallest absolute Gasteiger partial charge is 0.343 e. The number of esters is 1. The van der Waals surface area contributed by atoms with E-state index in [1.807, 2.05) is 44.2 Å². The quantitative estimate of drug-likeness (QED) is 0.0844. The Hall–Kier alpha value is -5.44. The highest BCUT2D eigenvalue weighted by Crippen LogP contribution is 2.34. The maximum absolute atomic E-state index is 14.6. The van der Waals surface area contributed by atoms with Gasteiger partial charge in [-0.1, -0.05) is 54.6 Å². The lowest BCUT2D eigenvalue weighted by Crippen LogP contribution is -2.19. The average Bonchev–Trinajstić information content (AvgIpc) is 3.41. The van der Waals surface area contributed by atoms with E-state index >= 15 is 0 Å². The van der Waals surface area contributed by atoms with Crippen LogP contribution in [0.5, 0.6) is 17.2 Å². The van der Waals surface area contributed by atoms with Gasteiger partial charge in [0.15, 0.2) is 11.5 Å². The third kappa shape index (κ3) is 6.00. The van der Waals surface area contributed by atoms with Gasteiger partial charge in [-0.2, -0.15) is 5.10 Å². The Labute approximate surface area is 241 Å². The molecule has 0 aliphatic carbocycles. The van der Waals surface area contributed by atoms with Crippen LogP contribution in [-0.2, 0) is 0 Å². The second kappa shape index (κ2) is 12.8. The van der Waals surface area contributed by atoms with E-state index in [-0.39, 0.29) is 22.5 Å². The molecule has 0 aliphatic heterocycles. The Morgan fingerprint density at radius 1 is 0.857 bits per heavy atom. The number of aromatic amines is 1. The van der Waals surface area contributed by atoms with Crippen LogP contribution in [0.25, 0.3) is 22.0 Å². The summed E-state index contributed by atoms with van der Waals surface area (Å²) in [6.07, 6.45) is 1.37. The molecule has 212 valence electrons. The van der Waals surface area contributed by atoms with Crippen molar-refractivity contribution in [2.45, 2.75) is 13.8 Å². The molecule has 1 heterocycles. The summed E-state index contributed by atoms with van der Waals surface area (Å²) in [5.41, 5.74) is 4.93. The summed E-state index contributed by atoms with van der Waals surface area (Å²) in [4.78, 5) is 29.1. The molecule has 0 aliphatic rings. The number of para-hydroxylation sites is 2. The van der Waals surface area contributed by atoms with Gasteiger partial charge in [0.2, 0.25) is 0 Å². The van der Waals surface area contributed by atoms with Crippen LogP contribution < -0.4 is 19.6 Å². The van der Waals surface area contributed by atoms with E-state index in [9.17, 15) is 14.0 Å². The Morgan fingerprint density at radius 2 is 1.60 bits per heavy atom. The fraction of sp³-hybridized carbons (Fsp3) is 0.121. The molecule has 0 unspecified atom stereocenters. The monoisotopic (exact) mass is 565 g/mol. The third-order valence-electron chi connectivity index (χ3n) is 6.34. The maximum Gasteiger partial charge on any atom is 0.343 e. The Morgan fingerprint density at radius 3 is 2.38 bits per heavy atom. The normalized spacial score (nSPS) is 11.0. The van der Waals surface area contributed by atoms with Crippen LogP contribution in [0.15, 0.2) is 96.1 Å². The molecule has 4 aromatic carbocycles. The van der Waals surface area contributed by atoms with E-state index in [1.165, 1.54) is 12.3 Å². The lowest BCUT2D eigenvalue weighted by Gasteiger charge is -2.12. The number of nitrogens with zero attached hydrogens (tertiary/aromatic N) is 1. The van der Waals surface area contributed by atoms with Crippen LogP contribution in [0.1, 0.15) is 40.3 Å². The van der Waals surface area contributed by atoms with E-state index < -0.39 is 17.7 Å². The van der Waals surface area contributed by atoms with Gasteiger partial charge in [0.05, 0.1) is 30.5 Å². The minimum Gasteiger partial charge on any atom is -0.490 e. The van der Waals surface area contributed by atoms with Crippen molar-refractivity contribution in [2.24, 2.45) is 5.10 Å². The van der Waals surface area contributed by atoms with Gasteiger partial charge in [0.25, 0.3) is 5.91 Å². The molecule has 0 saturated carbocycles. The second-order valence-electron chi connectivity index (χ2n) is 9.06. The first-order valence-corrected chi connectivity index (χ1v) is 13.4. The van der Waals surface area contributed by atoms with E-state index in [2.05, 4.69) is 15.5 Å². The van der Waals surface area contributed by atoms with Gasteiger partial charge < -0.3 is 19.2 Å². The molecule has 0 spiro atoms. The lowest BCUT2D eigenvalue weighted by molar-refractivity contribution is 0.0733. The molecule has 0 atom stereocenters. The van der Waals surface area contributed by atoms with Gasteiger partial charge >= 0.3 is 5.97 Å². The van der Waals surface area contributed by atoms with Crippen molar-refractivity contribution >= 4 is 29.0 Å². The van der Waals surface area contributed by atoms with Crippen LogP contribution in [-0.4, -0.2) is 36.3 Å². The molecule has 0 radical (unpaired) electrons. The molecule has 1 amide bonds. The number of rotatable bonds is 10. The predicted octanol–water partition coefficient (Wildman–Crippen LogP) is 6.75. The number of benzene rings is 4. The fourth-order valence-electron chi connectivity index (χ4n) is 4.49. The number of hydrazone groups is 1. The molecule has 0 saturated heterocycles. The van der Waals surface area contributed by atoms with Crippen molar-refractivity contribution < 1.29 is 28.2 Å². The lowest BCUT2D eigenvalue weighted by atomic mass is 10.0. The Bertz CT molecular complexity index is 1760. The number of carbonyl (C=O) groups is 2. The first-order valence-electron chi connectivity index (χ1n) is 13.4. The number of aromatic nitrogens is 1. The van der Waals surface area contributed by atoms with Gasteiger partial charge in [-0.15, -0.1) is 0 Å². The number of hydrogen-bond acceptors (Lipinski definition) is 6. The number of H-pyrrole nitrogens is 1. The van der Waals surface area contributed by atoms with E-state index in [4.69, 9.17) is 14.2 Å². The number of ether oxygens (including phenoxy) is 3. The summed E-state index contributed by atoms with van der Waals surface area (Å²) in [5, 5.41) is 4.67. The highest BCUT2D eigenvalue weighted by molar-refractivity contribution is 6.10. The van der Waals surface area contributed by atoms with Gasteiger partial charge in [0, 0.05) is 16.5 Å². The predicted molar refractivity (Wildman–Crippen MR) is 159 cm³/mol. The first-order chi connectivity index (χ1) is 20.5. The number of halogens is 1. The second-order valence-corrected chi connectivity index (χ2v) is 9.06. The van der Waals surface area contributed by atoms with Gasteiger partial charge in [0.1, 0.15) is 17.3 Å². The molecule has 2 N–H and O–H groups in total. The minimum absolute atomic E-state index is 0.166. The summed E-state index contributed by atoms with van der Waals surface area (Å²) < 4.78 is 31.4. The zero-order valence-corrected chi connectivity index (χ0v) is 23.0. The first kappa shape index (κ1) is 28.1. The maximum atomic E-state index is 14.6. The summed E-state index contributed by atoms with van der Waals surface area (Å²) in [5.74, 6) is -0.413. The number of carbonyl (C=O) groups excluding carboxylic acids is 2. The van der Waals surface area contributed by atoms with Crippen molar-refractivity contribution in [3.63, 3.8) is 0 Å². The van der Waals surface area contributed by atoms with Gasteiger partial charge in [-0.05, 0) is 55.8 Å². The fourth-order valence-corrected chi connectivity index (χ4v) is 4.49. The zero-order chi connectivity index (χ0) is 29.5. The van der Waals surface area contributed by atoms with Crippen LogP contribution >= 0.6 is 0 Å². The molecular weight excluding hydrogens is 537 g/mol. The number of hydrogen-bond donors (Lipinski definition) is 2. The minimum atomic E-state index is -0.600. The molecule has 8 nitrogen and oxygen atoms in total. The molecule has 5 rings (SSSR count). The summed E-state index contributed by atoms with van der Waals surface area (Å²) in [7, 11) is 0. The van der Waals surface area contributed by atoms with Crippen molar-refractivity contribution in [3.05, 3.63) is 114 Å². The van der Waals surface area contributed by atoms with Crippen LogP contribution in [0, 0.1) is 5.82 Å². The average molecular weight is 566 g/mol. The number of nitrogens with one attached hydrogen (secondary N) is 2. The largest absolute Gasteiger partial charge is 0.490 e. The highest BCUT2D eigenvalue weighted by Gasteiger charge is 2.21. The Kier molecular flexibility index (Phi) is 8.58. The van der Waals surface area contributed by atoms with E-state index in [0.29, 0.717) is 41.2 Å². The van der Waals surface area contributed by atoms with Crippen LogP contribution in [0.4, 0.5) is 4.39 Å². The molecule has 42 heavy (non-hydrogen) atoms. The molecular formula is C33H28FN3O5. The SMILES string of the molecule is CCOc1ccc(C(=O)Oc2ccccc2C=NNC(=O)c2[nH]c3c(F)cccc3c2-c2ccccc2)cc1OCC. The third-order valence-corrected chi connectivity index (χ3v) is 6.34. The number of amides is 1. The van der Waals surface area contributed by atoms with Crippen molar-refractivity contribution in [1.29, 1.82) is 0 Å². The molecule has 0 fully saturated rings. The van der Waals surface area contributed by atoms with Crippen molar-refractivity contribution in [2.75, 3.05) is 13.2 Å². The van der Waals surface area contributed by atoms with Gasteiger partial charge in [-0.3, -0.25) is 4.79 Å². The molecule has 5 aromatic rings. The molecule has 0 bridgehead atoms. The van der Waals surface area contributed by atoms with Crippen molar-refractivity contribution in [3.8, 4) is 28.4 Å². The summed E-state index contributed by atoms with van der Waals surface area (Å²) in [6, 6.07) is 25.5. The van der Waals surface area contributed by atoms with E-state index in [1.54, 1.807) is 54.6 Å². The summed E-state index contributed by atoms with van der Waals surface area (Å²) in [6.45, 7) is 4.57. The van der Waals surface area contributed by atoms with Crippen LogP contribution in [0.3, 0.4) is 0 Å². The zero-order valence-electron chi connectivity index (χ0n) is 23.0.